The molecular formula is C26H28N6O3. The minimum Gasteiger partial charge on any atom is -0.495 e. The molecule has 3 heterocycles. The summed E-state index contributed by atoms with van der Waals surface area (Å²) in [5.41, 5.74) is 3.94. The van der Waals surface area contributed by atoms with Gasteiger partial charge >= 0.3 is 0 Å². The molecule has 0 saturated carbocycles. The second-order valence-corrected chi connectivity index (χ2v) is 8.54. The zero-order valence-electron chi connectivity index (χ0n) is 19.9. The second-order valence-electron chi connectivity index (χ2n) is 8.54. The molecule has 1 aliphatic heterocycles. The maximum absolute atomic E-state index is 13.0. The first-order valence-electron chi connectivity index (χ1n) is 11.8. The Kier molecular flexibility index (Phi) is 6.22. The van der Waals surface area contributed by atoms with Gasteiger partial charge in [-0.3, -0.25) is 9.59 Å². The number of benzene rings is 2. The molecule has 35 heavy (non-hydrogen) atoms. The number of para-hydroxylation sites is 2. The summed E-state index contributed by atoms with van der Waals surface area (Å²) >= 11 is 0. The van der Waals surface area contributed by atoms with Crippen molar-refractivity contribution < 1.29 is 9.53 Å². The largest absolute Gasteiger partial charge is 0.495 e. The fourth-order valence-corrected chi connectivity index (χ4v) is 4.42. The molecule has 1 fully saturated rings. The Labute approximate surface area is 203 Å². The molecule has 5 rings (SSSR count). The summed E-state index contributed by atoms with van der Waals surface area (Å²) in [4.78, 5) is 30.0. The number of hydrogen-bond acceptors (Lipinski definition) is 6. The highest BCUT2D eigenvalue weighted by Gasteiger charge is 2.24. The van der Waals surface area contributed by atoms with Crippen molar-refractivity contribution in [3.63, 3.8) is 0 Å². The number of nitrogens with zero attached hydrogens (tertiary/aromatic N) is 6. The summed E-state index contributed by atoms with van der Waals surface area (Å²) < 4.78 is 8.15. The molecule has 1 aliphatic rings. The lowest BCUT2D eigenvalue weighted by atomic mass is 10.1. The average Bonchev–Trinajstić information content (AvgIpc) is 3.35. The number of aromatic nitrogens is 4. The molecule has 0 N–H and O–H groups in total. The fourth-order valence-electron chi connectivity index (χ4n) is 4.42. The summed E-state index contributed by atoms with van der Waals surface area (Å²) in [5.74, 6) is 0.691. The SMILES string of the molecule is CCc1ccc(-c2cc3c(=O)n(CC(=O)N4CCN(c5ccccc5OC)CC4)ncn3n2)cc1. The van der Waals surface area contributed by atoms with Crippen molar-refractivity contribution in [2.75, 3.05) is 38.2 Å². The zero-order chi connectivity index (χ0) is 24.4. The van der Waals surface area contributed by atoms with Gasteiger partial charge in [0.05, 0.1) is 18.5 Å². The normalized spacial score (nSPS) is 13.9. The number of carbonyl (C=O) groups excluding carboxylic acids is 1. The third-order valence-electron chi connectivity index (χ3n) is 6.49. The molecule has 2 aromatic carbocycles. The molecule has 4 aromatic rings. The van der Waals surface area contributed by atoms with E-state index in [0.29, 0.717) is 37.4 Å². The van der Waals surface area contributed by atoms with Crippen molar-refractivity contribution >= 4 is 17.1 Å². The number of hydrogen-bond donors (Lipinski definition) is 0. The van der Waals surface area contributed by atoms with Crippen LogP contribution in [0.5, 0.6) is 5.75 Å². The van der Waals surface area contributed by atoms with Crippen LogP contribution in [0, 0.1) is 0 Å². The van der Waals surface area contributed by atoms with Gasteiger partial charge in [-0.15, -0.1) is 0 Å². The number of ether oxygens (including phenoxy) is 1. The van der Waals surface area contributed by atoms with E-state index in [-0.39, 0.29) is 18.0 Å². The first-order valence-corrected chi connectivity index (χ1v) is 11.8. The molecule has 2 aromatic heterocycles. The topological polar surface area (TPSA) is 85.0 Å². The highest BCUT2D eigenvalue weighted by Crippen LogP contribution is 2.28. The van der Waals surface area contributed by atoms with E-state index in [4.69, 9.17) is 4.74 Å². The first-order chi connectivity index (χ1) is 17.1. The van der Waals surface area contributed by atoms with Gasteiger partial charge in [0.2, 0.25) is 5.91 Å². The maximum atomic E-state index is 13.0. The van der Waals surface area contributed by atoms with Gasteiger partial charge in [0, 0.05) is 31.7 Å². The molecule has 0 aliphatic carbocycles. The number of fused-ring (bicyclic) bond motifs is 1. The Bertz CT molecular complexity index is 1400. The van der Waals surface area contributed by atoms with Crippen molar-refractivity contribution in [2.24, 2.45) is 0 Å². The van der Waals surface area contributed by atoms with E-state index in [1.54, 1.807) is 18.1 Å². The molecule has 0 spiro atoms. The number of rotatable bonds is 6. The van der Waals surface area contributed by atoms with Crippen molar-refractivity contribution in [3.8, 4) is 17.0 Å². The van der Waals surface area contributed by atoms with Crippen molar-refractivity contribution in [1.82, 2.24) is 24.3 Å². The zero-order valence-corrected chi connectivity index (χ0v) is 19.9. The number of piperazine rings is 1. The van der Waals surface area contributed by atoms with Gasteiger partial charge in [0.25, 0.3) is 5.56 Å². The van der Waals surface area contributed by atoms with Crippen LogP contribution in [-0.4, -0.2) is 63.5 Å². The number of methoxy groups -OCH3 is 1. The quantitative estimate of drug-likeness (QED) is 0.429. The van der Waals surface area contributed by atoms with Crippen LogP contribution in [0.15, 0.2) is 65.7 Å². The number of anilines is 1. The highest BCUT2D eigenvalue weighted by atomic mass is 16.5. The summed E-state index contributed by atoms with van der Waals surface area (Å²) in [7, 11) is 1.66. The van der Waals surface area contributed by atoms with E-state index in [1.165, 1.54) is 21.1 Å². The van der Waals surface area contributed by atoms with Gasteiger partial charge in [-0.2, -0.15) is 10.2 Å². The van der Waals surface area contributed by atoms with Gasteiger partial charge in [-0.25, -0.2) is 9.20 Å². The van der Waals surface area contributed by atoms with Gasteiger partial charge in [0.1, 0.15) is 24.1 Å². The van der Waals surface area contributed by atoms with E-state index in [1.807, 2.05) is 36.4 Å². The standard InChI is InChI=1S/C26H28N6O3/c1-3-19-8-10-20(11-9-19)21-16-23-26(34)31(27-18-32(23)28-21)17-25(33)30-14-12-29(13-15-30)22-6-4-5-7-24(22)35-2/h4-11,16,18H,3,12-15,17H2,1-2H3. The molecule has 0 radical (unpaired) electrons. The third-order valence-corrected chi connectivity index (χ3v) is 6.49. The molecule has 0 unspecified atom stereocenters. The lowest BCUT2D eigenvalue weighted by Gasteiger charge is -2.36. The average molecular weight is 473 g/mol. The fraction of sp³-hybridized carbons (Fsp3) is 0.308. The Morgan fingerprint density at radius 2 is 1.77 bits per heavy atom. The van der Waals surface area contributed by atoms with E-state index in [9.17, 15) is 9.59 Å². The molecule has 0 atom stereocenters. The van der Waals surface area contributed by atoms with E-state index < -0.39 is 0 Å². The molecule has 1 amide bonds. The number of aryl methyl sites for hydroxylation is 1. The van der Waals surface area contributed by atoms with Crippen molar-refractivity contribution in [2.45, 2.75) is 19.9 Å². The van der Waals surface area contributed by atoms with Gasteiger partial charge < -0.3 is 14.5 Å². The molecule has 180 valence electrons. The first kappa shape index (κ1) is 22.6. The van der Waals surface area contributed by atoms with Gasteiger partial charge in [-0.1, -0.05) is 43.3 Å². The summed E-state index contributed by atoms with van der Waals surface area (Å²) in [6, 6.07) is 17.7. The van der Waals surface area contributed by atoms with E-state index >= 15 is 0 Å². The third kappa shape index (κ3) is 4.49. The van der Waals surface area contributed by atoms with Crippen molar-refractivity contribution in [1.29, 1.82) is 0 Å². The van der Waals surface area contributed by atoms with Crippen LogP contribution in [0.4, 0.5) is 5.69 Å². The van der Waals surface area contributed by atoms with Gasteiger partial charge in [-0.05, 0) is 30.2 Å². The second kappa shape index (κ2) is 9.61. The lowest BCUT2D eigenvalue weighted by molar-refractivity contribution is -0.132. The van der Waals surface area contributed by atoms with Crippen LogP contribution in [-0.2, 0) is 17.8 Å². The van der Waals surface area contributed by atoms with Crippen LogP contribution >= 0.6 is 0 Å². The smallest absolute Gasteiger partial charge is 0.293 e. The Balaban J connectivity index is 1.28. The summed E-state index contributed by atoms with van der Waals surface area (Å²) in [6.07, 6.45) is 2.44. The van der Waals surface area contributed by atoms with E-state index in [0.717, 1.165) is 23.4 Å². The molecule has 9 nitrogen and oxygen atoms in total. The highest BCUT2D eigenvalue weighted by molar-refractivity contribution is 5.76. The van der Waals surface area contributed by atoms with Crippen LogP contribution in [0.2, 0.25) is 0 Å². The Morgan fingerprint density at radius 3 is 2.49 bits per heavy atom. The minimum absolute atomic E-state index is 0.101. The van der Waals surface area contributed by atoms with Gasteiger partial charge in [0.15, 0.2) is 0 Å². The Morgan fingerprint density at radius 1 is 1.03 bits per heavy atom. The monoisotopic (exact) mass is 472 g/mol. The molecule has 1 saturated heterocycles. The molecule has 0 bridgehead atoms. The van der Waals surface area contributed by atoms with Crippen molar-refractivity contribution in [3.05, 3.63) is 76.8 Å². The van der Waals surface area contributed by atoms with Crippen LogP contribution < -0.4 is 15.2 Å². The predicted molar refractivity (Wildman–Crippen MR) is 134 cm³/mol. The van der Waals surface area contributed by atoms with Crippen LogP contribution in [0.3, 0.4) is 0 Å². The lowest BCUT2D eigenvalue weighted by Crippen LogP contribution is -2.50. The predicted octanol–water partition coefficient (Wildman–Crippen LogP) is 2.48. The summed E-state index contributed by atoms with van der Waals surface area (Å²) in [6.45, 7) is 4.52. The summed E-state index contributed by atoms with van der Waals surface area (Å²) in [5, 5.41) is 8.68. The minimum atomic E-state index is -0.336. The van der Waals surface area contributed by atoms with Crippen LogP contribution in [0.25, 0.3) is 16.8 Å². The molecule has 9 heteroatoms. The molecular weight excluding hydrogens is 444 g/mol. The number of amides is 1. The number of carbonyl (C=O) groups is 1. The van der Waals surface area contributed by atoms with E-state index in [2.05, 4.69) is 34.2 Å². The Hall–Kier alpha value is -4.14. The maximum Gasteiger partial charge on any atom is 0.293 e. The van der Waals surface area contributed by atoms with Crippen LogP contribution in [0.1, 0.15) is 12.5 Å².